The Morgan fingerprint density at radius 3 is 2.42 bits per heavy atom. The van der Waals surface area contributed by atoms with E-state index in [1.165, 1.54) is 0 Å². The quantitative estimate of drug-likeness (QED) is 0.541. The first-order valence-electron chi connectivity index (χ1n) is 10.6. The zero-order chi connectivity index (χ0) is 22.2. The number of allylic oxidation sites excluding steroid dienone is 1. The fraction of sp³-hybridized carbons (Fsp3) is 0.360. The van der Waals surface area contributed by atoms with Gasteiger partial charge in [0.2, 0.25) is 11.8 Å². The largest absolute Gasteiger partial charge is 0.394 e. The molecule has 164 valence electrons. The summed E-state index contributed by atoms with van der Waals surface area (Å²) >= 11 is 0. The van der Waals surface area contributed by atoms with Crippen molar-refractivity contribution >= 4 is 11.8 Å². The maximum absolute atomic E-state index is 13.1. The Kier molecular flexibility index (Phi) is 7.98. The molecule has 0 fully saturated rings. The average Bonchev–Trinajstić information content (AvgIpc) is 2.81. The summed E-state index contributed by atoms with van der Waals surface area (Å²) in [5, 5.41) is 22.5. The molecule has 0 saturated carbocycles. The van der Waals surface area contributed by atoms with Crippen LogP contribution in [0.2, 0.25) is 0 Å². The Morgan fingerprint density at radius 2 is 1.77 bits per heavy atom. The molecule has 31 heavy (non-hydrogen) atoms. The number of nitrogens with zero attached hydrogens (tertiary/aromatic N) is 1. The number of aliphatic hydroxyl groups excluding tert-OH is 2. The van der Waals surface area contributed by atoms with Gasteiger partial charge in [-0.15, -0.1) is 6.58 Å². The van der Waals surface area contributed by atoms with Crippen LogP contribution in [0, 0.1) is 5.92 Å². The van der Waals surface area contributed by atoms with E-state index in [0.29, 0.717) is 19.4 Å². The number of carbonyl (C=O) groups is 2. The first-order valence-corrected chi connectivity index (χ1v) is 10.6. The Labute approximate surface area is 183 Å². The van der Waals surface area contributed by atoms with Crippen LogP contribution >= 0.6 is 0 Å². The maximum atomic E-state index is 13.1. The minimum Gasteiger partial charge on any atom is -0.394 e. The van der Waals surface area contributed by atoms with Gasteiger partial charge in [-0.25, -0.2) is 0 Å². The number of amides is 2. The molecule has 3 unspecified atom stereocenters. The molecule has 3 atom stereocenters. The summed E-state index contributed by atoms with van der Waals surface area (Å²) in [6.45, 7) is 3.79. The molecule has 2 aromatic carbocycles. The molecule has 6 nitrogen and oxygen atoms in total. The SMILES string of the molecule is C=CCC(CC(=O)N1Cc2ccccc2CC1CO)C(=O)NC(CO)c1ccccc1. The monoisotopic (exact) mass is 422 g/mol. The van der Waals surface area contributed by atoms with Crippen LogP contribution in [0.15, 0.2) is 67.3 Å². The molecule has 2 aromatic rings. The molecule has 6 heteroatoms. The van der Waals surface area contributed by atoms with Gasteiger partial charge in [-0.1, -0.05) is 60.7 Å². The minimum absolute atomic E-state index is 0.0173. The van der Waals surface area contributed by atoms with Gasteiger partial charge in [0.05, 0.1) is 31.2 Å². The Balaban J connectivity index is 1.70. The highest BCUT2D eigenvalue weighted by Crippen LogP contribution is 2.25. The Hall–Kier alpha value is -2.96. The zero-order valence-electron chi connectivity index (χ0n) is 17.6. The van der Waals surface area contributed by atoms with Crippen molar-refractivity contribution in [1.82, 2.24) is 10.2 Å². The number of carbonyl (C=O) groups excluding carboxylic acids is 2. The van der Waals surface area contributed by atoms with Crippen LogP contribution in [0.25, 0.3) is 0 Å². The number of benzene rings is 2. The molecular weight excluding hydrogens is 392 g/mol. The van der Waals surface area contributed by atoms with E-state index >= 15 is 0 Å². The third-order valence-corrected chi connectivity index (χ3v) is 5.83. The third kappa shape index (κ3) is 5.60. The van der Waals surface area contributed by atoms with E-state index in [2.05, 4.69) is 11.9 Å². The van der Waals surface area contributed by atoms with Gasteiger partial charge in [0, 0.05) is 13.0 Å². The normalized spacial score (nSPS) is 17.4. The molecule has 3 rings (SSSR count). The van der Waals surface area contributed by atoms with Crippen molar-refractivity contribution in [2.45, 2.75) is 37.9 Å². The molecule has 0 bridgehead atoms. The molecule has 3 N–H and O–H groups in total. The van der Waals surface area contributed by atoms with Crippen molar-refractivity contribution in [3.8, 4) is 0 Å². The van der Waals surface area contributed by atoms with Gasteiger partial charge >= 0.3 is 0 Å². The molecular formula is C25H30N2O4. The third-order valence-electron chi connectivity index (χ3n) is 5.83. The van der Waals surface area contributed by atoms with Gasteiger partial charge in [-0.2, -0.15) is 0 Å². The van der Waals surface area contributed by atoms with E-state index < -0.39 is 12.0 Å². The van der Waals surface area contributed by atoms with E-state index in [-0.39, 0.29) is 37.5 Å². The summed E-state index contributed by atoms with van der Waals surface area (Å²) in [6.07, 6.45) is 2.59. The minimum atomic E-state index is -0.598. The Bertz CT molecular complexity index is 899. The number of hydrogen-bond acceptors (Lipinski definition) is 4. The van der Waals surface area contributed by atoms with Crippen LogP contribution in [-0.2, 0) is 22.6 Å². The second-order valence-electron chi connectivity index (χ2n) is 7.91. The number of fused-ring (bicyclic) bond motifs is 1. The zero-order valence-corrected chi connectivity index (χ0v) is 17.6. The summed E-state index contributed by atoms with van der Waals surface area (Å²) in [7, 11) is 0. The lowest BCUT2D eigenvalue weighted by Gasteiger charge is -2.36. The topological polar surface area (TPSA) is 89.9 Å². The second-order valence-corrected chi connectivity index (χ2v) is 7.91. The summed E-state index contributed by atoms with van der Waals surface area (Å²) in [5.74, 6) is -1.07. The van der Waals surface area contributed by atoms with Crippen molar-refractivity contribution in [3.63, 3.8) is 0 Å². The van der Waals surface area contributed by atoms with Crippen molar-refractivity contribution in [2.24, 2.45) is 5.92 Å². The molecule has 0 aromatic heterocycles. The molecule has 0 spiro atoms. The van der Waals surface area contributed by atoms with Crippen molar-refractivity contribution in [1.29, 1.82) is 0 Å². The van der Waals surface area contributed by atoms with E-state index in [9.17, 15) is 19.8 Å². The van der Waals surface area contributed by atoms with E-state index in [1.54, 1.807) is 11.0 Å². The van der Waals surface area contributed by atoms with Crippen LogP contribution in [0.1, 0.15) is 35.6 Å². The highest BCUT2D eigenvalue weighted by atomic mass is 16.3. The van der Waals surface area contributed by atoms with Crippen molar-refractivity contribution in [3.05, 3.63) is 83.9 Å². The van der Waals surface area contributed by atoms with Crippen LogP contribution in [-0.4, -0.2) is 46.2 Å². The predicted molar refractivity (Wildman–Crippen MR) is 119 cm³/mol. The van der Waals surface area contributed by atoms with Crippen LogP contribution in [0.5, 0.6) is 0 Å². The average molecular weight is 423 g/mol. The molecule has 2 amide bonds. The van der Waals surface area contributed by atoms with Crippen LogP contribution < -0.4 is 5.32 Å². The lowest BCUT2D eigenvalue weighted by atomic mass is 9.92. The second kappa shape index (κ2) is 10.9. The molecule has 0 radical (unpaired) electrons. The molecule has 1 aliphatic rings. The fourth-order valence-electron chi connectivity index (χ4n) is 4.06. The Morgan fingerprint density at radius 1 is 1.10 bits per heavy atom. The summed E-state index contributed by atoms with van der Waals surface area (Å²) < 4.78 is 0. The van der Waals surface area contributed by atoms with Crippen LogP contribution in [0.3, 0.4) is 0 Å². The molecule has 0 aliphatic carbocycles. The van der Waals surface area contributed by atoms with Gasteiger partial charge < -0.3 is 20.4 Å². The van der Waals surface area contributed by atoms with Crippen LogP contribution in [0.4, 0.5) is 0 Å². The standard InChI is InChI=1S/C25H30N2O4/c1-2-8-20(25(31)26-23(17-29)18-9-4-3-5-10-18)14-24(30)27-15-21-12-7-6-11-19(21)13-22(27)16-28/h2-7,9-12,20,22-23,28-29H,1,8,13-17H2,(H,26,31). The lowest BCUT2D eigenvalue weighted by Crippen LogP contribution is -2.47. The first-order chi connectivity index (χ1) is 15.1. The molecule has 1 heterocycles. The van der Waals surface area contributed by atoms with Crippen molar-refractivity contribution < 1.29 is 19.8 Å². The number of aliphatic hydroxyl groups is 2. The number of nitrogens with one attached hydrogen (secondary N) is 1. The van der Waals surface area contributed by atoms with Crippen molar-refractivity contribution in [2.75, 3.05) is 13.2 Å². The lowest BCUT2D eigenvalue weighted by molar-refractivity contribution is -0.140. The molecule has 1 aliphatic heterocycles. The van der Waals surface area contributed by atoms with E-state index in [1.807, 2.05) is 54.6 Å². The molecule has 0 saturated heterocycles. The van der Waals surface area contributed by atoms with Gasteiger partial charge in [-0.3, -0.25) is 9.59 Å². The van der Waals surface area contributed by atoms with Gasteiger partial charge in [-0.05, 0) is 29.5 Å². The van der Waals surface area contributed by atoms with Gasteiger partial charge in [0.25, 0.3) is 0 Å². The van der Waals surface area contributed by atoms with Gasteiger partial charge in [0.15, 0.2) is 0 Å². The van der Waals surface area contributed by atoms with E-state index in [4.69, 9.17) is 0 Å². The maximum Gasteiger partial charge on any atom is 0.224 e. The fourth-order valence-corrected chi connectivity index (χ4v) is 4.06. The smallest absolute Gasteiger partial charge is 0.224 e. The highest BCUT2D eigenvalue weighted by Gasteiger charge is 2.32. The summed E-state index contributed by atoms with van der Waals surface area (Å²) in [6, 6.07) is 16.3. The number of hydrogen-bond donors (Lipinski definition) is 3. The first kappa shape index (κ1) is 22.7. The van der Waals surface area contributed by atoms with E-state index in [0.717, 1.165) is 16.7 Å². The number of rotatable bonds is 9. The highest BCUT2D eigenvalue weighted by molar-refractivity contribution is 5.86. The van der Waals surface area contributed by atoms with Gasteiger partial charge in [0.1, 0.15) is 0 Å². The summed E-state index contributed by atoms with van der Waals surface area (Å²) in [4.78, 5) is 27.8. The summed E-state index contributed by atoms with van der Waals surface area (Å²) in [5.41, 5.74) is 3.00. The predicted octanol–water partition coefficient (Wildman–Crippen LogP) is 2.36.